The number of esters is 1. The topological polar surface area (TPSA) is 59.3 Å². The minimum atomic E-state index is -0.438. The highest BCUT2D eigenvalue weighted by Gasteiger charge is 2.09. The number of carbonyl (C=O) groups is 1. The molecule has 4 nitrogen and oxygen atoms in total. The van der Waals surface area contributed by atoms with Gasteiger partial charge in [-0.25, -0.2) is 4.39 Å². The molecule has 0 aliphatic carbocycles. The van der Waals surface area contributed by atoms with Crippen LogP contribution in [-0.2, 0) is 11.2 Å². The van der Waals surface area contributed by atoms with Gasteiger partial charge in [-0.05, 0) is 53.6 Å². The van der Waals surface area contributed by atoms with Crippen molar-refractivity contribution in [1.29, 1.82) is 5.26 Å². The molecule has 144 valence electrons. The zero-order valence-corrected chi connectivity index (χ0v) is 15.8. The second-order valence-electron chi connectivity index (χ2n) is 6.22. The number of rotatable bonds is 6. The smallest absolute Gasteiger partial charge is 0.315 e. The molecule has 0 unspecified atom stereocenters. The van der Waals surface area contributed by atoms with E-state index in [-0.39, 0.29) is 12.2 Å². The van der Waals surface area contributed by atoms with E-state index in [2.05, 4.69) is 6.07 Å². The van der Waals surface area contributed by atoms with E-state index in [4.69, 9.17) is 9.47 Å². The first-order chi connectivity index (χ1) is 14.1. The summed E-state index contributed by atoms with van der Waals surface area (Å²) in [6, 6.07) is 22.0. The van der Waals surface area contributed by atoms with Crippen molar-refractivity contribution in [1.82, 2.24) is 0 Å². The predicted molar refractivity (Wildman–Crippen MR) is 109 cm³/mol. The molecule has 0 aliphatic rings. The average molecular weight is 387 g/mol. The monoisotopic (exact) mass is 387 g/mol. The lowest BCUT2D eigenvalue weighted by atomic mass is 10.0. The standard InChI is InChI=1S/C24H18FNO3/c1-28-23-5-3-2-4-22(23)19(16-26)14-17-8-12-21(13-9-17)29-24(27)15-18-6-10-20(25)11-7-18/h2-14H,15H2,1H3/b19-14-. The summed E-state index contributed by atoms with van der Waals surface area (Å²) < 4.78 is 23.6. The molecule has 0 aromatic heterocycles. The Hall–Kier alpha value is -3.91. The zero-order valence-electron chi connectivity index (χ0n) is 15.8. The lowest BCUT2D eigenvalue weighted by molar-refractivity contribution is -0.133. The van der Waals surface area contributed by atoms with Crippen LogP contribution in [0.2, 0.25) is 0 Å². The lowest BCUT2D eigenvalue weighted by Gasteiger charge is -2.07. The molecule has 0 aliphatic heterocycles. The quantitative estimate of drug-likeness (QED) is 0.257. The van der Waals surface area contributed by atoms with Gasteiger partial charge in [0, 0.05) is 5.56 Å². The van der Waals surface area contributed by atoms with Crippen molar-refractivity contribution in [2.24, 2.45) is 0 Å². The van der Waals surface area contributed by atoms with E-state index in [9.17, 15) is 14.4 Å². The Kier molecular flexibility index (Phi) is 6.39. The second kappa shape index (κ2) is 9.34. The molecule has 3 rings (SSSR count). The van der Waals surface area contributed by atoms with Crippen LogP contribution in [0.3, 0.4) is 0 Å². The van der Waals surface area contributed by atoms with E-state index in [1.807, 2.05) is 18.2 Å². The Morgan fingerprint density at radius 2 is 1.72 bits per heavy atom. The molecule has 0 bridgehead atoms. The van der Waals surface area contributed by atoms with Crippen LogP contribution in [0, 0.1) is 17.1 Å². The van der Waals surface area contributed by atoms with E-state index in [0.29, 0.717) is 28.2 Å². The van der Waals surface area contributed by atoms with Gasteiger partial charge in [0.1, 0.15) is 17.3 Å². The maximum absolute atomic E-state index is 12.9. The van der Waals surface area contributed by atoms with E-state index < -0.39 is 5.97 Å². The molecule has 3 aromatic carbocycles. The minimum absolute atomic E-state index is 0.0499. The summed E-state index contributed by atoms with van der Waals surface area (Å²) in [6.07, 6.45) is 1.79. The summed E-state index contributed by atoms with van der Waals surface area (Å²) in [4.78, 5) is 12.0. The van der Waals surface area contributed by atoms with Crippen molar-refractivity contribution < 1.29 is 18.7 Å². The number of nitriles is 1. The van der Waals surface area contributed by atoms with Crippen molar-refractivity contribution >= 4 is 17.6 Å². The van der Waals surface area contributed by atoms with Crippen LogP contribution in [0.5, 0.6) is 11.5 Å². The van der Waals surface area contributed by atoms with Gasteiger partial charge in [0.05, 0.1) is 25.2 Å². The number of allylic oxidation sites excluding steroid dienone is 1. The Balaban J connectivity index is 1.70. The molecule has 0 saturated heterocycles. The van der Waals surface area contributed by atoms with E-state index in [1.54, 1.807) is 55.7 Å². The molecule has 0 spiro atoms. The summed E-state index contributed by atoms with van der Waals surface area (Å²) in [5, 5.41) is 9.52. The van der Waals surface area contributed by atoms with Gasteiger partial charge in [0.2, 0.25) is 0 Å². The molecule has 0 amide bonds. The van der Waals surface area contributed by atoms with Gasteiger partial charge in [-0.2, -0.15) is 5.26 Å². The number of benzene rings is 3. The molecule has 29 heavy (non-hydrogen) atoms. The first kappa shape index (κ1) is 19.8. The Morgan fingerprint density at radius 3 is 2.38 bits per heavy atom. The Labute approximate surface area is 168 Å². The molecular formula is C24H18FNO3. The third-order valence-corrected chi connectivity index (χ3v) is 4.20. The van der Waals surface area contributed by atoms with Crippen LogP contribution in [0.15, 0.2) is 72.8 Å². The third-order valence-electron chi connectivity index (χ3n) is 4.20. The molecule has 0 atom stereocenters. The maximum atomic E-state index is 12.9. The number of nitrogens with zero attached hydrogens (tertiary/aromatic N) is 1. The number of para-hydroxylation sites is 1. The van der Waals surface area contributed by atoms with Gasteiger partial charge in [-0.15, -0.1) is 0 Å². The number of hydrogen-bond donors (Lipinski definition) is 0. The van der Waals surface area contributed by atoms with Crippen LogP contribution in [-0.4, -0.2) is 13.1 Å². The lowest BCUT2D eigenvalue weighted by Crippen LogP contribution is -2.11. The van der Waals surface area contributed by atoms with Crippen LogP contribution in [0.1, 0.15) is 16.7 Å². The van der Waals surface area contributed by atoms with E-state index in [1.165, 1.54) is 12.1 Å². The summed E-state index contributed by atoms with van der Waals surface area (Å²) in [5.74, 6) is 0.221. The number of carbonyl (C=O) groups excluding carboxylic acids is 1. The molecule has 0 heterocycles. The van der Waals surface area contributed by atoms with Gasteiger partial charge in [0.15, 0.2) is 0 Å². The van der Waals surface area contributed by atoms with Crippen LogP contribution < -0.4 is 9.47 Å². The Morgan fingerprint density at radius 1 is 1.03 bits per heavy atom. The predicted octanol–water partition coefficient (Wildman–Crippen LogP) is 5.05. The fraction of sp³-hybridized carbons (Fsp3) is 0.0833. The number of ether oxygens (including phenoxy) is 2. The first-order valence-electron chi connectivity index (χ1n) is 8.89. The summed E-state index contributed by atoms with van der Waals surface area (Å²) in [7, 11) is 1.56. The minimum Gasteiger partial charge on any atom is -0.496 e. The van der Waals surface area contributed by atoms with Gasteiger partial charge in [-0.1, -0.05) is 36.4 Å². The van der Waals surface area contributed by atoms with Crippen LogP contribution in [0.4, 0.5) is 4.39 Å². The van der Waals surface area contributed by atoms with Crippen molar-refractivity contribution in [2.75, 3.05) is 7.11 Å². The molecule has 3 aromatic rings. The maximum Gasteiger partial charge on any atom is 0.315 e. The van der Waals surface area contributed by atoms with Crippen molar-refractivity contribution in [2.45, 2.75) is 6.42 Å². The third kappa shape index (κ3) is 5.30. The van der Waals surface area contributed by atoms with Crippen LogP contribution in [0.25, 0.3) is 11.6 Å². The first-order valence-corrected chi connectivity index (χ1v) is 8.89. The summed E-state index contributed by atoms with van der Waals surface area (Å²) >= 11 is 0. The molecule has 0 radical (unpaired) electrons. The van der Waals surface area contributed by atoms with Gasteiger partial charge in [0.25, 0.3) is 0 Å². The van der Waals surface area contributed by atoms with Crippen molar-refractivity contribution in [3.05, 3.63) is 95.3 Å². The largest absolute Gasteiger partial charge is 0.496 e. The van der Waals surface area contributed by atoms with Crippen molar-refractivity contribution in [3.8, 4) is 17.6 Å². The normalized spacial score (nSPS) is 10.9. The molecule has 0 fully saturated rings. The molecule has 0 N–H and O–H groups in total. The molecular weight excluding hydrogens is 369 g/mol. The Bertz CT molecular complexity index is 1060. The fourth-order valence-electron chi connectivity index (χ4n) is 2.77. The average Bonchev–Trinajstić information content (AvgIpc) is 2.75. The fourth-order valence-corrected chi connectivity index (χ4v) is 2.77. The number of hydrogen-bond acceptors (Lipinski definition) is 4. The molecule has 0 saturated carbocycles. The highest BCUT2D eigenvalue weighted by molar-refractivity contribution is 5.91. The van der Waals surface area contributed by atoms with Crippen molar-refractivity contribution in [3.63, 3.8) is 0 Å². The number of methoxy groups -OCH3 is 1. The molecule has 5 heteroatoms. The highest BCUT2D eigenvalue weighted by atomic mass is 19.1. The van der Waals surface area contributed by atoms with E-state index >= 15 is 0 Å². The highest BCUT2D eigenvalue weighted by Crippen LogP contribution is 2.27. The van der Waals surface area contributed by atoms with Crippen LogP contribution >= 0.6 is 0 Å². The number of halogens is 1. The second-order valence-corrected chi connectivity index (χ2v) is 6.22. The van der Waals surface area contributed by atoms with Gasteiger partial charge < -0.3 is 9.47 Å². The summed E-state index contributed by atoms with van der Waals surface area (Å²) in [6.45, 7) is 0. The SMILES string of the molecule is COc1ccccc1/C(C#N)=C\c1ccc(OC(=O)Cc2ccc(F)cc2)cc1. The van der Waals surface area contributed by atoms with Gasteiger partial charge in [-0.3, -0.25) is 4.79 Å². The van der Waals surface area contributed by atoms with Gasteiger partial charge >= 0.3 is 5.97 Å². The zero-order chi connectivity index (χ0) is 20.6. The summed E-state index contributed by atoms with van der Waals surface area (Å²) in [5.41, 5.74) is 2.62. The van der Waals surface area contributed by atoms with E-state index in [0.717, 1.165) is 5.56 Å².